The SMILES string of the molecule is CC(C)(C)OCc1nnc2n1CC(CO)CC2. The van der Waals surface area contributed by atoms with E-state index in [0.717, 1.165) is 31.0 Å². The molecular weight excluding hydrogens is 218 g/mol. The molecule has 96 valence electrons. The minimum atomic E-state index is -0.169. The molecule has 5 nitrogen and oxygen atoms in total. The molecule has 0 aliphatic carbocycles. The summed E-state index contributed by atoms with van der Waals surface area (Å²) in [4.78, 5) is 0. The van der Waals surface area contributed by atoms with Gasteiger partial charge in [0.15, 0.2) is 5.82 Å². The molecule has 17 heavy (non-hydrogen) atoms. The van der Waals surface area contributed by atoms with Crippen LogP contribution >= 0.6 is 0 Å². The van der Waals surface area contributed by atoms with Gasteiger partial charge in [-0.3, -0.25) is 0 Å². The molecule has 2 rings (SSSR count). The molecule has 5 heteroatoms. The molecule has 0 saturated carbocycles. The van der Waals surface area contributed by atoms with Crippen LogP contribution in [0.2, 0.25) is 0 Å². The van der Waals surface area contributed by atoms with E-state index >= 15 is 0 Å². The lowest BCUT2D eigenvalue weighted by Gasteiger charge is -2.24. The molecule has 1 aliphatic rings. The molecule has 1 aliphatic heterocycles. The van der Waals surface area contributed by atoms with Gasteiger partial charge in [-0.05, 0) is 27.2 Å². The highest BCUT2D eigenvalue weighted by molar-refractivity contribution is 4.99. The van der Waals surface area contributed by atoms with Crippen LogP contribution in [0, 0.1) is 5.92 Å². The van der Waals surface area contributed by atoms with Crippen LogP contribution in [0.25, 0.3) is 0 Å². The zero-order valence-electron chi connectivity index (χ0n) is 10.8. The van der Waals surface area contributed by atoms with E-state index in [1.807, 2.05) is 20.8 Å². The number of hydrogen-bond donors (Lipinski definition) is 1. The van der Waals surface area contributed by atoms with Gasteiger partial charge in [-0.25, -0.2) is 0 Å². The van der Waals surface area contributed by atoms with Crippen molar-refractivity contribution in [2.75, 3.05) is 6.61 Å². The Morgan fingerprint density at radius 2 is 2.18 bits per heavy atom. The average molecular weight is 239 g/mol. The van der Waals surface area contributed by atoms with Gasteiger partial charge < -0.3 is 14.4 Å². The zero-order valence-corrected chi connectivity index (χ0v) is 10.8. The molecule has 1 N–H and O–H groups in total. The minimum Gasteiger partial charge on any atom is -0.396 e. The topological polar surface area (TPSA) is 60.2 Å². The second-order valence-electron chi connectivity index (χ2n) is 5.63. The van der Waals surface area contributed by atoms with E-state index in [1.165, 1.54) is 0 Å². The van der Waals surface area contributed by atoms with E-state index in [0.29, 0.717) is 12.5 Å². The van der Waals surface area contributed by atoms with Gasteiger partial charge in [0.25, 0.3) is 0 Å². The van der Waals surface area contributed by atoms with Gasteiger partial charge in [0, 0.05) is 25.5 Å². The van der Waals surface area contributed by atoms with Crippen LogP contribution in [0.15, 0.2) is 0 Å². The Hall–Kier alpha value is -0.940. The van der Waals surface area contributed by atoms with Gasteiger partial charge in [0.2, 0.25) is 0 Å². The summed E-state index contributed by atoms with van der Waals surface area (Å²) < 4.78 is 7.82. The Balaban J connectivity index is 2.07. The van der Waals surface area contributed by atoms with Crippen molar-refractivity contribution in [3.8, 4) is 0 Å². The molecule has 0 fully saturated rings. The van der Waals surface area contributed by atoms with E-state index in [1.54, 1.807) is 0 Å². The molecule has 1 aromatic heterocycles. The molecular formula is C12H21N3O2. The van der Waals surface area contributed by atoms with Gasteiger partial charge in [-0.2, -0.15) is 0 Å². The third-order valence-electron chi connectivity index (χ3n) is 3.01. The van der Waals surface area contributed by atoms with E-state index in [2.05, 4.69) is 14.8 Å². The van der Waals surface area contributed by atoms with Crippen LogP contribution in [0.1, 0.15) is 38.8 Å². The molecule has 0 bridgehead atoms. The van der Waals surface area contributed by atoms with Crippen LogP contribution in [-0.2, 0) is 24.3 Å². The number of aliphatic hydroxyl groups excluding tert-OH is 1. The molecule has 1 aromatic rings. The highest BCUT2D eigenvalue weighted by atomic mass is 16.5. The molecule has 0 aromatic carbocycles. The number of fused-ring (bicyclic) bond motifs is 1. The lowest BCUT2D eigenvalue weighted by atomic mass is 10.0. The Morgan fingerprint density at radius 3 is 2.82 bits per heavy atom. The first-order chi connectivity index (χ1) is 7.99. The molecule has 2 heterocycles. The number of nitrogens with zero attached hydrogens (tertiary/aromatic N) is 3. The summed E-state index contributed by atoms with van der Waals surface area (Å²) in [5.41, 5.74) is -0.169. The van der Waals surface area contributed by atoms with E-state index < -0.39 is 0 Å². The third-order valence-corrected chi connectivity index (χ3v) is 3.01. The van der Waals surface area contributed by atoms with Crippen molar-refractivity contribution >= 4 is 0 Å². The second-order valence-corrected chi connectivity index (χ2v) is 5.63. The molecule has 0 spiro atoms. The smallest absolute Gasteiger partial charge is 0.159 e. The number of aliphatic hydroxyl groups is 1. The monoisotopic (exact) mass is 239 g/mol. The van der Waals surface area contributed by atoms with Crippen molar-refractivity contribution in [3.63, 3.8) is 0 Å². The first-order valence-corrected chi connectivity index (χ1v) is 6.15. The average Bonchev–Trinajstić information content (AvgIpc) is 2.67. The van der Waals surface area contributed by atoms with Crippen molar-refractivity contribution in [2.24, 2.45) is 5.92 Å². The van der Waals surface area contributed by atoms with Crippen molar-refractivity contribution in [1.82, 2.24) is 14.8 Å². The summed E-state index contributed by atoms with van der Waals surface area (Å²) in [6, 6.07) is 0. The Labute approximate surface area is 102 Å². The fraction of sp³-hybridized carbons (Fsp3) is 0.833. The Bertz CT molecular complexity index is 382. The van der Waals surface area contributed by atoms with Crippen LogP contribution < -0.4 is 0 Å². The highest BCUT2D eigenvalue weighted by Gasteiger charge is 2.23. The van der Waals surface area contributed by atoms with E-state index in [4.69, 9.17) is 4.74 Å². The van der Waals surface area contributed by atoms with Gasteiger partial charge >= 0.3 is 0 Å². The molecule has 1 unspecified atom stereocenters. The predicted molar refractivity (Wildman–Crippen MR) is 63.5 cm³/mol. The summed E-state index contributed by atoms with van der Waals surface area (Å²) in [5.74, 6) is 2.21. The lowest BCUT2D eigenvalue weighted by Crippen LogP contribution is -2.26. The van der Waals surface area contributed by atoms with Crippen LogP contribution in [0.4, 0.5) is 0 Å². The largest absolute Gasteiger partial charge is 0.396 e. The summed E-state index contributed by atoms with van der Waals surface area (Å²) >= 11 is 0. The summed E-state index contributed by atoms with van der Waals surface area (Å²) in [6.07, 6.45) is 1.89. The maximum atomic E-state index is 9.22. The van der Waals surface area contributed by atoms with Gasteiger partial charge in [-0.15, -0.1) is 10.2 Å². The van der Waals surface area contributed by atoms with Crippen LogP contribution in [0.5, 0.6) is 0 Å². The quantitative estimate of drug-likeness (QED) is 0.859. The molecule has 0 amide bonds. The number of aromatic nitrogens is 3. The predicted octanol–water partition coefficient (Wildman–Crippen LogP) is 1.15. The Kier molecular flexibility index (Phi) is 3.49. The normalized spacial score (nSPS) is 20.4. The van der Waals surface area contributed by atoms with Gasteiger partial charge in [-0.1, -0.05) is 0 Å². The van der Waals surface area contributed by atoms with Crippen molar-refractivity contribution in [1.29, 1.82) is 0 Å². The van der Waals surface area contributed by atoms with Crippen molar-refractivity contribution < 1.29 is 9.84 Å². The maximum Gasteiger partial charge on any atom is 0.159 e. The van der Waals surface area contributed by atoms with Crippen LogP contribution in [-0.4, -0.2) is 32.1 Å². The van der Waals surface area contributed by atoms with E-state index in [-0.39, 0.29) is 12.2 Å². The number of ether oxygens (including phenoxy) is 1. The first kappa shape index (κ1) is 12.5. The lowest BCUT2D eigenvalue weighted by molar-refractivity contribution is -0.0200. The minimum absolute atomic E-state index is 0.169. The number of hydrogen-bond acceptors (Lipinski definition) is 4. The third kappa shape index (κ3) is 3.04. The van der Waals surface area contributed by atoms with Crippen molar-refractivity contribution in [2.45, 2.75) is 52.4 Å². The fourth-order valence-corrected chi connectivity index (χ4v) is 1.99. The molecule has 0 radical (unpaired) electrons. The summed E-state index contributed by atoms with van der Waals surface area (Å²) in [6.45, 7) is 7.60. The fourth-order valence-electron chi connectivity index (χ4n) is 1.99. The number of aryl methyl sites for hydroxylation is 1. The maximum absolute atomic E-state index is 9.22. The number of rotatable bonds is 3. The zero-order chi connectivity index (χ0) is 12.5. The molecule has 1 atom stereocenters. The highest BCUT2D eigenvalue weighted by Crippen LogP contribution is 2.20. The van der Waals surface area contributed by atoms with Gasteiger partial charge in [0.1, 0.15) is 12.4 Å². The van der Waals surface area contributed by atoms with Crippen molar-refractivity contribution in [3.05, 3.63) is 11.6 Å². The van der Waals surface area contributed by atoms with Crippen LogP contribution in [0.3, 0.4) is 0 Å². The molecule has 0 saturated heterocycles. The summed E-state index contributed by atoms with van der Waals surface area (Å²) in [5, 5.41) is 17.6. The first-order valence-electron chi connectivity index (χ1n) is 6.15. The van der Waals surface area contributed by atoms with E-state index in [9.17, 15) is 5.11 Å². The standard InChI is InChI=1S/C12H21N3O2/c1-12(2,3)17-8-11-14-13-10-5-4-9(7-16)6-15(10)11/h9,16H,4-8H2,1-3H3. The Morgan fingerprint density at radius 1 is 1.41 bits per heavy atom. The second kappa shape index (κ2) is 4.74. The summed E-state index contributed by atoms with van der Waals surface area (Å²) in [7, 11) is 0. The van der Waals surface area contributed by atoms with Gasteiger partial charge in [0.05, 0.1) is 5.60 Å².